The second-order valence-corrected chi connectivity index (χ2v) is 10.2. The molecule has 0 bridgehead atoms. The number of amides is 2. The lowest BCUT2D eigenvalue weighted by molar-refractivity contribution is -0.0644. The third kappa shape index (κ3) is 6.31. The summed E-state index contributed by atoms with van der Waals surface area (Å²) in [7, 11) is 1.67. The molecule has 3 heterocycles. The number of nitrogens with one attached hydrogen (secondary N) is 2. The van der Waals surface area contributed by atoms with Crippen molar-refractivity contribution in [2.75, 3.05) is 32.1 Å². The summed E-state index contributed by atoms with van der Waals surface area (Å²) in [5, 5.41) is 10.8. The molecule has 0 radical (unpaired) electrons. The fourth-order valence-corrected chi connectivity index (χ4v) is 5.05. The molecule has 0 spiro atoms. The molecule has 1 unspecified atom stereocenters. The summed E-state index contributed by atoms with van der Waals surface area (Å²) in [5.74, 6) is 0.517. The first-order valence-corrected chi connectivity index (χ1v) is 13.4. The summed E-state index contributed by atoms with van der Waals surface area (Å²) in [6.45, 7) is 6.64. The highest BCUT2D eigenvalue weighted by Crippen LogP contribution is 2.32. The van der Waals surface area contributed by atoms with Gasteiger partial charge in [-0.05, 0) is 56.4 Å². The molecule has 38 heavy (non-hydrogen) atoms. The van der Waals surface area contributed by atoms with E-state index in [1.807, 2.05) is 35.7 Å². The summed E-state index contributed by atoms with van der Waals surface area (Å²) in [6.07, 6.45) is 9.84. The Morgan fingerprint density at radius 3 is 2.89 bits per heavy atom. The predicted octanol–water partition coefficient (Wildman–Crippen LogP) is 4.32. The number of likely N-dealkylation sites (tertiary alicyclic amines) is 1. The summed E-state index contributed by atoms with van der Waals surface area (Å²) in [5.41, 5.74) is 5.17. The van der Waals surface area contributed by atoms with Gasteiger partial charge in [0.05, 0.1) is 62.1 Å². The number of rotatable bonds is 9. The van der Waals surface area contributed by atoms with Crippen molar-refractivity contribution in [2.45, 2.75) is 64.3 Å². The normalized spacial score (nSPS) is 17.6. The van der Waals surface area contributed by atoms with E-state index >= 15 is 0 Å². The minimum atomic E-state index is -0.00686. The average Bonchev–Trinajstić information content (AvgIpc) is 3.23. The molecule has 1 aliphatic carbocycles. The molecule has 1 saturated heterocycles. The zero-order valence-corrected chi connectivity index (χ0v) is 22.4. The van der Waals surface area contributed by atoms with Gasteiger partial charge in [-0.25, -0.2) is 14.8 Å². The Labute approximate surface area is 223 Å². The zero-order chi connectivity index (χ0) is 26.5. The van der Waals surface area contributed by atoms with Crippen molar-refractivity contribution >= 4 is 17.7 Å². The number of methoxy groups -OCH3 is 1. The quantitative estimate of drug-likeness (QED) is 0.406. The van der Waals surface area contributed by atoms with Gasteiger partial charge in [0.15, 0.2) is 0 Å². The number of benzene rings is 1. The first-order chi connectivity index (χ1) is 18.5. The molecule has 1 aromatic carbocycles. The van der Waals surface area contributed by atoms with Crippen molar-refractivity contribution in [1.82, 2.24) is 30.0 Å². The number of carbonyl (C=O) groups is 1. The number of urea groups is 1. The number of anilines is 2. The molecule has 10 heteroatoms. The van der Waals surface area contributed by atoms with Gasteiger partial charge in [0.2, 0.25) is 5.95 Å². The SMILES string of the molecule is COCCn1cc(Nc2nccc(-c3ccc4c(c3)CCCCC4NC(=O)N3CC(OC(C)C)C3)n2)cn1. The van der Waals surface area contributed by atoms with Gasteiger partial charge in [-0.2, -0.15) is 5.10 Å². The van der Waals surface area contributed by atoms with Gasteiger partial charge in [-0.1, -0.05) is 18.6 Å². The maximum absolute atomic E-state index is 12.9. The van der Waals surface area contributed by atoms with E-state index < -0.39 is 0 Å². The fourth-order valence-electron chi connectivity index (χ4n) is 5.05. The minimum absolute atomic E-state index is 0.00686. The second-order valence-electron chi connectivity index (χ2n) is 10.2. The molecule has 2 amide bonds. The van der Waals surface area contributed by atoms with Crippen LogP contribution in [0, 0.1) is 0 Å². The van der Waals surface area contributed by atoms with Crippen LogP contribution in [-0.4, -0.2) is 69.7 Å². The van der Waals surface area contributed by atoms with Crippen molar-refractivity contribution in [3.05, 3.63) is 54.0 Å². The highest BCUT2D eigenvalue weighted by atomic mass is 16.5. The molecule has 5 rings (SSSR count). The minimum Gasteiger partial charge on any atom is -0.383 e. The third-order valence-corrected chi connectivity index (χ3v) is 6.97. The van der Waals surface area contributed by atoms with Crippen molar-refractivity contribution in [1.29, 1.82) is 0 Å². The highest BCUT2D eigenvalue weighted by molar-refractivity contribution is 5.76. The molecule has 1 aliphatic heterocycles. The van der Waals surface area contributed by atoms with E-state index in [1.54, 1.807) is 19.5 Å². The van der Waals surface area contributed by atoms with Crippen LogP contribution >= 0.6 is 0 Å². The number of nitrogens with zero attached hydrogens (tertiary/aromatic N) is 5. The van der Waals surface area contributed by atoms with Crippen LogP contribution < -0.4 is 10.6 Å². The molecule has 2 aromatic heterocycles. The van der Waals surface area contributed by atoms with Crippen LogP contribution in [-0.2, 0) is 22.4 Å². The number of carbonyl (C=O) groups excluding carboxylic acids is 1. The van der Waals surface area contributed by atoms with Crippen molar-refractivity contribution in [3.63, 3.8) is 0 Å². The van der Waals surface area contributed by atoms with E-state index in [0.717, 1.165) is 42.6 Å². The van der Waals surface area contributed by atoms with Crippen LogP contribution in [0.1, 0.15) is 50.3 Å². The maximum atomic E-state index is 12.9. The lowest BCUT2D eigenvalue weighted by atomic mass is 9.95. The number of aryl methyl sites for hydroxylation is 1. The Balaban J connectivity index is 1.26. The number of fused-ring (bicyclic) bond motifs is 1. The van der Waals surface area contributed by atoms with Crippen molar-refractivity contribution < 1.29 is 14.3 Å². The first kappa shape index (κ1) is 26.1. The van der Waals surface area contributed by atoms with Crippen molar-refractivity contribution in [3.8, 4) is 11.3 Å². The molecule has 0 saturated carbocycles. The van der Waals surface area contributed by atoms with Gasteiger partial charge in [-0.15, -0.1) is 0 Å². The number of aromatic nitrogens is 4. The Bertz CT molecular complexity index is 1240. The largest absolute Gasteiger partial charge is 0.383 e. The molecule has 3 aromatic rings. The summed E-state index contributed by atoms with van der Waals surface area (Å²) in [6, 6.07) is 8.38. The highest BCUT2D eigenvalue weighted by Gasteiger charge is 2.33. The lowest BCUT2D eigenvalue weighted by Crippen LogP contribution is -2.58. The van der Waals surface area contributed by atoms with E-state index in [1.165, 1.54) is 11.1 Å². The van der Waals surface area contributed by atoms with Crippen LogP contribution in [0.2, 0.25) is 0 Å². The van der Waals surface area contributed by atoms with Gasteiger partial charge < -0.3 is 25.0 Å². The Hall–Kier alpha value is -3.50. The molecular formula is C28H37N7O3. The van der Waals surface area contributed by atoms with Gasteiger partial charge in [0.1, 0.15) is 0 Å². The fraction of sp³-hybridized carbons (Fsp3) is 0.500. The van der Waals surface area contributed by atoms with Gasteiger partial charge in [0.25, 0.3) is 0 Å². The molecule has 1 fully saturated rings. The van der Waals surface area contributed by atoms with Crippen LogP contribution in [0.25, 0.3) is 11.3 Å². The van der Waals surface area contributed by atoms with E-state index in [2.05, 4.69) is 38.9 Å². The molecule has 1 atom stereocenters. The van der Waals surface area contributed by atoms with E-state index in [9.17, 15) is 4.79 Å². The summed E-state index contributed by atoms with van der Waals surface area (Å²) < 4.78 is 12.7. The van der Waals surface area contributed by atoms with Gasteiger partial charge in [0, 0.05) is 25.1 Å². The van der Waals surface area contributed by atoms with Crippen LogP contribution in [0.5, 0.6) is 0 Å². The third-order valence-electron chi connectivity index (χ3n) is 6.97. The average molecular weight is 520 g/mol. The first-order valence-electron chi connectivity index (χ1n) is 13.4. The molecule has 10 nitrogen and oxygen atoms in total. The van der Waals surface area contributed by atoms with Crippen LogP contribution in [0.4, 0.5) is 16.4 Å². The van der Waals surface area contributed by atoms with Crippen molar-refractivity contribution in [2.24, 2.45) is 0 Å². The molecule has 202 valence electrons. The second kappa shape index (κ2) is 11.9. The Kier molecular flexibility index (Phi) is 8.19. The summed E-state index contributed by atoms with van der Waals surface area (Å²) >= 11 is 0. The summed E-state index contributed by atoms with van der Waals surface area (Å²) in [4.78, 5) is 23.9. The smallest absolute Gasteiger partial charge is 0.318 e. The molecular weight excluding hydrogens is 482 g/mol. The monoisotopic (exact) mass is 519 g/mol. The van der Waals surface area contributed by atoms with Crippen LogP contribution in [0.15, 0.2) is 42.9 Å². The number of hydrogen-bond acceptors (Lipinski definition) is 7. The standard InChI is InChI=1S/C28H37N7O3/c1-19(2)38-23-17-34(18-23)28(36)33-26-7-5-4-6-20-14-21(8-9-24(20)26)25-10-11-29-27(32-25)31-22-15-30-35(16-22)12-13-37-3/h8-11,14-16,19,23,26H,4-7,12-13,17-18H2,1-3H3,(H,33,36)(H,29,31,32). The van der Waals surface area contributed by atoms with E-state index in [4.69, 9.17) is 14.5 Å². The molecule has 2 aliphatic rings. The lowest BCUT2D eigenvalue weighted by Gasteiger charge is -2.40. The van der Waals surface area contributed by atoms with E-state index in [-0.39, 0.29) is 24.3 Å². The number of ether oxygens (including phenoxy) is 2. The zero-order valence-electron chi connectivity index (χ0n) is 22.4. The van der Waals surface area contributed by atoms with E-state index in [0.29, 0.717) is 32.2 Å². The predicted molar refractivity (Wildman–Crippen MR) is 145 cm³/mol. The topological polar surface area (TPSA) is 106 Å². The van der Waals surface area contributed by atoms with Gasteiger partial charge in [-0.3, -0.25) is 4.68 Å². The Morgan fingerprint density at radius 2 is 2.08 bits per heavy atom. The van der Waals surface area contributed by atoms with Crippen LogP contribution in [0.3, 0.4) is 0 Å². The maximum Gasteiger partial charge on any atom is 0.318 e. The number of hydrogen-bond donors (Lipinski definition) is 2. The van der Waals surface area contributed by atoms with Gasteiger partial charge >= 0.3 is 6.03 Å². The Morgan fingerprint density at radius 1 is 1.21 bits per heavy atom. The molecule has 2 N–H and O–H groups in total.